The minimum absolute atomic E-state index is 0.0905. The summed E-state index contributed by atoms with van der Waals surface area (Å²) in [6, 6.07) is 5.77. The molecule has 0 spiro atoms. The van der Waals surface area contributed by atoms with E-state index in [4.69, 9.17) is 0 Å². The second kappa shape index (κ2) is 4.97. The summed E-state index contributed by atoms with van der Waals surface area (Å²) in [6.07, 6.45) is -1.75. The topological polar surface area (TPSA) is 32.3 Å². The molecule has 6 heteroatoms. The van der Waals surface area contributed by atoms with Gasteiger partial charge in [-0.3, -0.25) is 4.79 Å². The average Bonchev–Trinajstić information content (AvgIpc) is 3.32. The van der Waals surface area contributed by atoms with Crippen molar-refractivity contribution in [3.63, 3.8) is 0 Å². The van der Waals surface area contributed by atoms with Crippen LogP contribution in [-0.2, 0) is 11.0 Å². The minimum Gasteiger partial charge on any atom is -0.368 e. The Morgan fingerprint density at radius 3 is 2.70 bits per heavy atom. The van der Waals surface area contributed by atoms with Crippen molar-refractivity contribution in [1.29, 1.82) is 0 Å². The maximum Gasteiger partial charge on any atom is 0.418 e. The molecule has 2 bridgehead atoms. The van der Waals surface area contributed by atoms with E-state index in [1.165, 1.54) is 12.1 Å². The number of anilines is 1. The number of alkyl halides is 3. The summed E-state index contributed by atoms with van der Waals surface area (Å²) >= 11 is 0. The number of piperidine rings is 1. The van der Waals surface area contributed by atoms with Crippen LogP contribution in [0.4, 0.5) is 18.9 Å². The number of benzene rings is 1. The molecule has 0 amide bonds. The molecule has 4 rings (SSSR count). The van der Waals surface area contributed by atoms with Crippen LogP contribution in [0.1, 0.15) is 24.8 Å². The van der Waals surface area contributed by atoms with Crippen molar-refractivity contribution in [1.82, 2.24) is 5.32 Å². The molecule has 3 nitrogen and oxygen atoms in total. The maximum atomic E-state index is 13.3. The first kappa shape index (κ1) is 15.0. The Kier molecular flexibility index (Phi) is 3.24. The Morgan fingerprint density at radius 2 is 2.00 bits per heavy atom. The lowest BCUT2D eigenvalue weighted by Crippen LogP contribution is -2.50. The van der Waals surface area contributed by atoms with Crippen LogP contribution >= 0.6 is 0 Å². The highest BCUT2D eigenvalue weighted by molar-refractivity contribution is 5.90. The van der Waals surface area contributed by atoms with E-state index in [2.05, 4.69) is 5.32 Å². The fourth-order valence-electron chi connectivity index (χ4n) is 4.12. The first-order valence-electron chi connectivity index (χ1n) is 8.08. The van der Waals surface area contributed by atoms with Crippen molar-refractivity contribution < 1.29 is 18.0 Å². The molecular weight excluding hydrogens is 305 g/mol. The van der Waals surface area contributed by atoms with Crippen LogP contribution in [0.25, 0.3) is 0 Å². The number of ketones is 1. The van der Waals surface area contributed by atoms with Gasteiger partial charge in [-0.25, -0.2) is 0 Å². The first-order chi connectivity index (χ1) is 10.9. The molecule has 1 aromatic rings. The van der Waals surface area contributed by atoms with E-state index in [1.54, 1.807) is 11.0 Å². The van der Waals surface area contributed by atoms with E-state index in [1.807, 2.05) is 0 Å². The summed E-state index contributed by atoms with van der Waals surface area (Å²) in [7, 11) is 0. The fourth-order valence-corrected chi connectivity index (χ4v) is 4.12. The highest BCUT2D eigenvalue weighted by Gasteiger charge is 2.54. The number of carbonyl (C=O) groups excluding carboxylic acids is 1. The molecule has 1 aromatic carbocycles. The predicted molar refractivity (Wildman–Crippen MR) is 80.2 cm³/mol. The van der Waals surface area contributed by atoms with Crippen molar-refractivity contribution in [3.05, 3.63) is 29.8 Å². The van der Waals surface area contributed by atoms with Crippen molar-refractivity contribution in [2.24, 2.45) is 11.3 Å². The third-order valence-electron chi connectivity index (χ3n) is 5.32. The van der Waals surface area contributed by atoms with Gasteiger partial charge in [0, 0.05) is 37.3 Å². The molecule has 1 N–H and O–H groups in total. The van der Waals surface area contributed by atoms with E-state index >= 15 is 0 Å². The lowest BCUT2D eigenvalue weighted by atomic mass is 9.76. The molecule has 124 valence electrons. The van der Waals surface area contributed by atoms with Gasteiger partial charge in [0.05, 0.1) is 11.0 Å². The number of hydrogen-bond acceptors (Lipinski definition) is 3. The molecule has 1 saturated carbocycles. The number of nitrogens with zero attached hydrogens (tertiary/aromatic N) is 1. The Hall–Kier alpha value is -1.56. The number of para-hydroxylation sites is 1. The van der Waals surface area contributed by atoms with E-state index < -0.39 is 17.2 Å². The molecule has 0 aromatic heterocycles. The summed E-state index contributed by atoms with van der Waals surface area (Å²) in [5, 5.41) is 3.34. The largest absolute Gasteiger partial charge is 0.418 e. The fraction of sp³-hybridized carbons (Fsp3) is 0.588. The van der Waals surface area contributed by atoms with Crippen LogP contribution in [0.3, 0.4) is 0 Å². The smallest absolute Gasteiger partial charge is 0.368 e. The van der Waals surface area contributed by atoms with Crippen molar-refractivity contribution >= 4 is 11.5 Å². The predicted octanol–water partition coefficient (Wildman–Crippen LogP) is 2.85. The zero-order valence-electron chi connectivity index (χ0n) is 12.7. The van der Waals surface area contributed by atoms with Gasteiger partial charge < -0.3 is 10.2 Å². The summed E-state index contributed by atoms with van der Waals surface area (Å²) < 4.78 is 39.9. The van der Waals surface area contributed by atoms with Gasteiger partial charge in [0.25, 0.3) is 0 Å². The van der Waals surface area contributed by atoms with Crippen LogP contribution in [0.5, 0.6) is 0 Å². The number of Topliss-reactive ketones (excluding diaryl/α,β-unsaturated/α-hetero) is 1. The lowest BCUT2D eigenvalue weighted by Gasteiger charge is -2.40. The van der Waals surface area contributed by atoms with Crippen LogP contribution < -0.4 is 10.2 Å². The zero-order chi connectivity index (χ0) is 16.2. The summed E-state index contributed by atoms with van der Waals surface area (Å²) in [5.41, 5.74) is -0.931. The quantitative estimate of drug-likeness (QED) is 0.928. The zero-order valence-corrected chi connectivity index (χ0v) is 12.7. The van der Waals surface area contributed by atoms with E-state index in [0.717, 1.165) is 25.3 Å². The summed E-state index contributed by atoms with van der Waals surface area (Å²) in [4.78, 5) is 14.5. The van der Waals surface area contributed by atoms with Gasteiger partial charge in [-0.05, 0) is 31.4 Å². The molecular formula is C17H19F3N2O. The third-order valence-corrected chi connectivity index (χ3v) is 5.32. The molecule has 2 saturated heterocycles. The molecule has 2 atom stereocenters. The van der Waals surface area contributed by atoms with Gasteiger partial charge in [0.15, 0.2) is 0 Å². The summed E-state index contributed by atoms with van der Waals surface area (Å²) in [6.45, 7) is 1.50. The van der Waals surface area contributed by atoms with Crippen LogP contribution in [0.15, 0.2) is 24.3 Å². The lowest BCUT2D eigenvalue weighted by molar-refractivity contribution is -0.137. The molecule has 2 aliphatic heterocycles. The number of hydrogen-bond donors (Lipinski definition) is 1. The first-order valence-corrected chi connectivity index (χ1v) is 8.08. The second-order valence-corrected chi connectivity index (χ2v) is 7.10. The third kappa shape index (κ3) is 2.53. The Morgan fingerprint density at radius 1 is 1.26 bits per heavy atom. The van der Waals surface area contributed by atoms with E-state index in [9.17, 15) is 18.0 Å². The highest BCUT2D eigenvalue weighted by Crippen LogP contribution is 2.46. The van der Waals surface area contributed by atoms with Crippen LogP contribution in [-0.4, -0.2) is 31.5 Å². The number of carbonyl (C=O) groups is 1. The summed E-state index contributed by atoms with van der Waals surface area (Å²) in [5.74, 6) is 0.384. The molecule has 2 heterocycles. The molecule has 1 aliphatic carbocycles. The SMILES string of the molecule is O=C(C1CC1)C12CNC(CN(c3ccccc3C(F)(F)F)C1)C2. The van der Waals surface area contributed by atoms with Crippen molar-refractivity contribution in [2.45, 2.75) is 31.5 Å². The number of fused-ring (bicyclic) bond motifs is 2. The minimum atomic E-state index is -4.38. The monoisotopic (exact) mass is 324 g/mol. The van der Waals surface area contributed by atoms with Gasteiger partial charge in [-0.15, -0.1) is 0 Å². The van der Waals surface area contributed by atoms with E-state index in [-0.39, 0.29) is 23.4 Å². The van der Waals surface area contributed by atoms with Crippen molar-refractivity contribution in [3.8, 4) is 0 Å². The molecule has 3 aliphatic rings. The highest BCUT2D eigenvalue weighted by atomic mass is 19.4. The number of rotatable bonds is 3. The number of halogens is 3. The second-order valence-electron chi connectivity index (χ2n) is 7.10. The Labute approximate surface area is 132 Å². The molecule has 0 radical (unpaired) electrons. The number of nitrogens with one attached hydrogen (secondary N) is 1. The molecule has 23 heavy (non-hydrogen) atoms. The maximum absolute atomic E-state index is 13.3. The standard InChI is InChI=1S/C17H19F3N2O/c18-17(19,20)13-3-1-2-4-14(13)22-8-12-7-16(10-22,9-21-12)15(23)11-5-6-11/h1-4,11-12,21H,5-10H2. The van der Waals surface area contributed by atoms with Gasteiger partial charge in [0.2, 0.25) is 0 Å². The van der Waals surface area contributed by atoms with E-state index in [0.29, 0.717) is 19.6 Å². The van der Waals surface area contributed by atoms with Gasteiger partial charge in [-0.1, -0.05) is 12.1 Å². The average molecular weight is 324 g/mol. The van der Waals surface area contributed by atoms with Gasteiger partial charge >= 0.3 is 6.18 Å². The Balaban J connectivity index is 1.67. The Bertz CT molecular complexity index is 641. The van der Waals surface area contributed by atoms with Crippen LogP contribution in [0, 0.1) is 11.3 Å². The normalized spacial score (nSPS) is 30.6. The molecule has 2 unspecified atom stereocenters. The van der Waals surface area contributed by atoms with Gasteiger partial charge in [-0.2, -0.15) is 13.2 Å². The van der Waals surface area contributed by atoms with Crippen molar-refractivity contribution in [2.75, 3.05) is 24.5 Å². The van der Waals surface area contributed by atoms with Gasteiger partial charge in [0.1, 0.15) is 5.78 Å². The van der Waals surface area contributed by atoms with Crippen LogP contribution in [0.2, 0.25) is 0 Å². The molecule has 3 fully saturated rings.